The van der Waals surface area contributed by atoms with Crippen LogP contribution in [-0.2, 0) is 136 Å². The molecule has 15 heteroatoms. The van der Waals surface area contributed by atoms with Crippen LogP contribution in [0.3, 0.4) is 0 Å². The molecule has 0 atom stereocenters. The molecule has 0 bridgehead atoms. The van der Waals surface area contributed by atoms with Crippen molar-refractivity contribution in [3.05, 3.63) is 175 Å². The van der Waals surface area contributed by atoms with Crippen LogP contribution in [0.4, 0.5) is 0 Å². The molecule has 0 saturated carbocycles. The molecule has 502 valence electrons. The van der Waals surface area contributed by atoms with E-state index in [-0.39, 0.29) is 120 Å². The zero-order valence-corrected chi connectivity index (χ0v) is 62.7. The van der Waals surface area contributed by atoms with Crippen molar-refractivity contribution in [3.63, 3.8) is 0 Å². The molecule has 6 rings (SSSR count). The fraction of sp³-hybridized carbons (Fsp3) is 0.526. The van der Waals surface area contributed by atoms with Gasteiger partial charge in [-0.15, -0.1) is 23.0 Å². The number of benzene rings is 4. The van der Waals surface area contributed by atoms with E-state index < -0.39 is 0 Å². The molecule has 2 aromatic heterocycles. The van der Waals surface area contributed by atoms with Gasteiger partial charge in [0.1, 0.15) is 0 Å². The second kappa shape index (κ2) is 35.6. The van der Waals surface area contributed by atoms with Crippen molar-refractivity contribution in [3.8, 4) is 35.1 Å². The monoisotopic (exact) mass is 1320 g/mol. The van der Waals surface area contributed by atoms with Crippen molar-refractivity contribution in [2.75, 3.05) is 0 Å². The third kappa shape index (κ3) is 26.7. The first-order valence-corrected chi connectivity index (χ1v) is 30.4. The van der Waals surface area contributed by atoms with E-state index in [2.05, 4.69) is 234 Å². The Hall–Kier alpha value is -5.67. The maximum atomic E-state index is 13.9. The van der Waals surface area contributed by atoms with Crippen molar-refractivity contribution < 1.29 is 74.0 Å². The third-order valence-corrected chi connectivity index (χ3v) is 15.2. The third-order valence-electron chi connectivity index (χ3n) is 15.2. The summed E-state index contributed by atoms with van der Waals surface area (Å²) in [5, 5.41) is 70.1. The number of nitriles is 2. The van der Waals surface area contributed by atoms with E-state index in [1.807, 2.05) is 36.4 Å². The second-order valence-corrected chi connectivity index (χ2v) is 31.4. The Kier molecular flexibility index (Phi) is 35.0. The fourth-order valence-electron chi connectivity index (χ4n) is 9.93. The number of rotatable bonds is 12. The Morgan fingerprint density at radius 2 is 0.516 bits per heavy atom. The van der Waals surface area contributed by atoms with Gasteiger partial charge in [-0.1, -0.05) is 227 Å². The van der Waals surface area contributed by atoms with Gasteiger partial charge in [0.25, 0.3) is 0 Å². The van der Waals surface area contributed by atoms with Gasteiger partial charge >= 0.3 is 0 Å². The van der Waals surface area contributed by atoms with E-state index in [1.54, 1.807) is 24.5 Å². The minimum atomic E-state index is -0.274. The van der Waals surface area contributed by atoms with Gasteiger partial charge in [-0.2, -0.15) is 10.5 Å². The Balaban J connectivity index is -0.00000149. The van der Waals surface area contributed by atoms with Gasteiger partial charge in [-0.25, -0.2) is 0 Å². The Morgan fingerprint density at radius 1 is 0.330 bits per heavy atom. The summed E-state index contributed by atoms with van der Waals surface area (Å²) in [5.41, 5.74) is 11.4. The second-order valence-electron chi connectivity index (χ2n) is 31.4. The molecule has 0 aliphatic heterocycles. The largest absolute Gasteiger partial charge is 2.00 e. The van der Waals surface area contributed by atoms with Crippen LogP contribution >= 0.6 is 0 Å². The van der Waals surface area contributed by atoms with Crippen molar-refractivity contribution >= 4 is 0 Å². The van der Waals surface area contributed by atoms with E-state index in [1.165, 1.54) is 13.8 Å². The zero-order chi connectivity index (χ0) is 65.9. The van der Waals surface area contributed by atoms with Gasteiger partial charge in [0.05, 0.1) is 23.5 Å². The van der Waals surface area contributed by atoms with Crippen LogP contribution in [-0.4, -0.2) is 19.8 Å². The molecular formula is C76H106N6O7V2-10. The van der Waals surface area contributed by atoms with E-state index in [0.29, 0.717) is 39.3 Å². The normalized spacial score (nSPS) is 11.8. The fourth-order valence-corrected chi connectivity index (χ4v) is 9.93. The van der Waals surface area contributed by atoms with Crippen molar-refractivity contribution in [1.82, 2.24) is 19.8 Å². The minimum absolute atomic E-state index is 0. The number of hydrogen-bond donors (Lipinski definition) is 0. The smallest absolute Gasteiger partial charge is 0.0587 e. The summed E-state index contributed by atoms with van der Waals surface area (Å²) in [4.78, 5) is 13.6. The van der Waals surface area contributed by atoms with Crippen LogP contribution in [0.25, 0.3) is 0 Å². The van der Waals surface area contributed by atoms with E-state index in [0.717, 1.165) is 78.1 Å². The molecular weight excluding hydrogens is 1210 g/mol. The van der Waals surface area contributed by atoms with Crippen LogP contribution in [0.1, 0.15) is 258 Å². The van der Waals surface area contributed by atoms with Crippen molar-refractivity contribution in [2.45, 2.75) is 263 Å². The Morgan fingerprint density at radius 3 is 0.659 bits per heavy atom. The summed E-state index contributed by atoms with van der Waals surface area (Å²) < 4.78 is 0. The van der Waals surface area contributed by atoms with E-state index >= 15 is 0 Å². The molecule has 0 amide bonds. The summed E-state index contributed by atoms with van der Waals surface area (Å²) in [6.45, 7) is 57.1. The molecule has 0 aliphatic carbocycles. The predicted molar refractivity (Wildman–Crippen MR) is 352 cm³/mol. The van der Waals surface area contributed by atoms with Crippen LogP contribution < -0.4 is 20.4 Å². The van der Waals surface area contributed by atoms with Crippen molar-refractivity contribution in [2.24, 2.45) is 0 Å². The quantitative estimate of drug-likeness (QED) is 0.112. The molecule has 0 spiro atoms. The molecule has 6 aromatic rings. The van der Waals surface area contributed by atoms with Crippen molar-refractivity contribution in [1.29, 1.82) is 10.5 Å². The number of pyridine rings is 2. The molecule has 13 nitrogen and oxygen atoms in total. The van der Waals surface area contributed by atoms with Crippen LogP contribution in [0.15, 0.2) is 97.3 Å². The molecule has 91 heavy (non-hydrogen) atoms. The molecule has 0 unspecified atom stereocenters. The maximum absolute atomic E-state index is 13.9. The first kappa shape index (κ1) is 89.5. The van der Waals surface area contributed by atoms with Gasteiger partial charge in [0.2, 0.25) is 0 Å². The average Bonchev–Trinajstić information content (AvgIpc) is 1.96. The van der Waals surface area contributed by atoms with Crippen LogP contribution in [0, 0.1) is 22.7 Å². The molecule has 0 fully saturated rings. The van der Waals surface area contributed by atoms with Crippen LogP contribution in [0.5, 0.6) is 23.0 Å². The molecule has 4 aromatic carbocycles. The van der Waals surface area contributed by atoms with Gasteiger partial charge in [-0.05, 0) is 134 Å². The molecule has 0 saturated heterocycles. The summed E-state index contributed by atoms with van der Waals surface area (Å²) in [5.74, 6) is 0.362. The standard InChI is InChI=1S/2C36H52N2O2.2C2H3N.3O.2V/c2*1-33(2,3)26-17-24(31(39)29(19-26)35(7,8)9)21-38(23-28-15-13-14-16-37-28)22-25-18-27(34(4,5)6)20-30(32(25)40)36(10,11)12;2*1-2-3;;;;;/h2*13-20,39-40H,21-23H2,1-12H3;2*1H3;;;;;/q;;;;3*-2;;/p-4. The topological polar surface area (TPSA) is 258 Å². The molecule has 0 N–H and O–H groups in total. The molecule has 2 heterocycles. The predicted octanol–water partition coefficient (Wildman–Crippen LogP) is 15.9. The summed E-state index contributed by atoms with van der Waals surface area (Å²) in [6.07, 6.45) is 3.59. The SMILES string of the molecule is CC#N.CC#N.CC(C)(C)c1cc(CN(Cc2ccccn2)Cc2cc(C(C)(C)C)cc(C(C)(C)C)c2[O-])c([O-])c(C(C)(C)C)c1.CC(C)(C)c1cc(CN(Cc2ccccn2)Cc2cc(C(C)(C)C)cc(C(C)(C)C)c2[O-])c([O-])c(C(C)(C)C)c1.[O-2].[O-2].[O-2].[V].[V]. The zero-order valence-electron chi connectivity index (χ0n) is 59.9. The van der Waals surface area contributed by atoms with E-state index in [4.69, 9.17) is 10.5 Å². The van der Waals surface area contributed by atoms with Crippen LogP contribution in [0.2, 0.25) is 0 Å². The maximum Gasteiger partial charge on any atom is 0.0587 e. The average molecular weight is 1320 g/mol. The van der Waals surface area contributed by atoms with Gasteiger partial charge in [0.15, 0.2) is 0 Å². The van der Waals surface area contributed by atoms with Gasteiger partial charge in [0, 0.05) is 103 Å². The summed E-state index contributed by atoms with van der Waals surface area (Å²) >= 11 is 0. The first-order valence-electron chi connectivity index (χ1n) is 30.4. The first-order chi connectivity index (χ1) is 39.2. The number of nitrogens with zero attached hydrogens (tertiary/aromatic N) is 6. The summed E-state index contributed by atoms with van der Waals surface area (Å²) in [7, 11) is 0. The Labute approximate surface area is 573 Å². The summed E-state index contributed by atoms with van der Waals surface area (Å²) in [6, 6.07) is 31.9. The molecule has 2 radical (unpaired) electrons. The molecule has 0 aliphatic rings. The number of hydrogen-bond acceptors (Lipinski definition) is 10. The Bertz CT molecular complexity index is 2890. The van der Waals surface area contributed by atoms with Gasteiger partial charge in [-0.3, -0.25) is 19.8 Å². The van der Waals surface area contributed by atoms with E-state index in [9.17, 15) is 20.4 Å². The number of aromatic nitrogens is 2. The minimum Gasteiger partial charge on any atom is -2.00 e. The van der Waals surface area contributed by atoms with Gasteiger partial charge < -0.3 is 36.9 Å².